The summed E-state index contributed by atoms with van der Waals surface area (Å²) in [6, 6.07) is 5.43. The lowest BCUT2D eigenvalue weighted by molar-refractivity contribution is 0.0175. The maximum Gasteiger partial charge on any atom is 0.322 e. The second-order valence-electron chi connectivity index (χ2n) is 6.55. The molecule has 0 saturated carbocycles. The van der Waals surface area contributed by atoms with Crippen LogP contribution in [0.15, 0.2) is 24.3 Å². The number of β-amino-alcohol motifs (C(OH)–C–C–N with tert-alkyl or cyclic N) is 1. The molecule has 0 unspecified atom stereocenters. The van der Waals surface area contributed by atoms with E-state index in [2.05, 4.69) is 10.2 Å². The first-order valence-electron chi connectivity index (χ1n) is 8.13. The van der Waals surface area contributed by atoms with E-state index in [1.54, 1.807) is 17.9 Å². The summed E-state index contributed by atoms with van der Waals surface area (Å²) in [5.41, 5.74) is 0.229. The predicted octanol–water partition coefficient (Wildman–Crippen LogP) is 2.72. The zero-order chi connectivity index (χ0) is 17.9. The Hall–Kier alpha value is -1.73. The molecule has 0 aromatic heterocycles. The highest BCUT2D eigenvalue weighted by Crippen LogP contribution is 2.28. The van der Waals surface area contributed by atoms with Gasteiger partial charge in [0.25, 0.3) is 5.92 Å². The molecular weight excluding hydrogens is 316 g/mol. The third kappa shape index (κ3) is 4.88. The highest BCUT2D eigenvalue weighted by Gasteiger charge is 2.28. The fourth-order valence-corrected chi connectivity index (χ4v) is 2.94. The van der Waals surface area contributed by atoms with Crippen LogP contribution < -0.4 is 5.32 Å². The highest BCUT2D eigenvalue weighted by atomic mass is 19.3. The van der Waals surface area contributed by atoms with Crippen molar-refractivity contribution in [1.82, 2.24) is 9.80 Å². The molecule has 1 aliphatic heterocycles. The molecule has 2 N–H and O–H groups in total. The van der Waals surface area contributed by atoms with Crippen LogP contribution in [0.25, 0.3) is 0 Å². The van der Waals surface area contributed by atoms with Crippen LogP contribution in [-0.4, -0.2) is 59.3 Å². The molecule has 5 nitrogen and oxygen atoms in total. The van der Waals surface area contributed by atoms with Crippen molar-refractivity contribution >= 4 is 11.7 Å². The minimum Gasteiger partial charge on any atom is -0.392 e. The average Bonchev–Trinajstić information content (AvgIpc) is 2.46. The van der Waals surface area contributed by atoms with Crippen molar-refractivity contribution in [2.24, 2.45) is 0 Å². The summed E-state index contributed by atoms with van der Waals surface area (Å²) >= 11 is 0. The molecule has 1 saturated heterocycles. The zero-order valence-electron chi connectivity index (χ0n) is 14.3. The molecule has 0 spiro atoms. The van der Waals surface area contributed by atoms with Crippen LogP contribution in [0.4, 0.5) is 19.3 Å². The smallest absolute Gasteiger partial charge is 0.322 e. The van der Waals surface area contributed by atoms with E-state index in [9.17, 15) is 18.7 Å². The van der Waals surface area contributed by atoms with E-state index in [0.717, 1.165) is 6.92 Å². The fraction of sp³-hybridized carbons (Fsp3) is 0.588. The van der Waals surface area contributed by atoms with E-state index >= 15 is 0 Å². The molecule has 0 aliphatic carbocycles. The van der Waals surface area contributed by atoms with Gasteiger partial charge in [-0.1, -0.05) is 12.1 Å². The van der Waals surface area contributed by atoms with Crippen LogP contribution in [0.2, 0.25) is 0 Å². The van der Waals surface area contributed by atoms with Crippen LogP contribution in [0.3, 0.4) is 0 Å². The van der Waals surface area contributed by atoms with Gasteiger partial charge in [0.2, 0.25) is 0 Å². The number of aliphatic hydroxyl groups excluding tert-OH is 1. The number of carbonyl (C=O) groups excluding carboxylic acids is 1. The van der Waals surface area contributed by atoms with Gasteiger partial charge in [-0.3, -0.25) is 4.90 Å². The van der Waals surface area contributed by atoms with Crippen molar-refractivity contribution in [2.45, 2.75) is 38.8 Å². The Bertz CT molecular complexity index is 575. The number of anilines is 1. The number of alkyl halides is 2. The van der Waals surface area contributed by atoms with Gasteiger partial charge in [0, 0.05) is 50.4 Å². The van der Waals surface area contributed by atoms with Crippen LogP contribution in [0.5, 0.6) is 0 Å². The number of benzene rings is 1. The van der Waals surface area contributed by atoms with Gasteiger partial charge in [-0.05, 0) is 26.0 Å². The molecule has 2 atom stereocenters. The Morgan fingerprint density at radius 3 is 2.75 bits per heavy atom. The predicted molar refractivity (Wildman–Crippen MR) is 89.3 cm³/mol. The molecular formula is C17H25F2N3O2. The summed E-state index contributed by atoms with van der Waals surface area (Å²) < 4.78 is 26.8. The lowest BCUT2D eigenvalue weighted by atomic mass is 10.1. The molecule has 1 heterocycles. The molecule has 7 heteroatoms. The van der Waals surface area contributed by atoms with Gasteiger partial charge >= 0.3 is 6.03 Å². The Balaban J connectivity index is 1.98. The first-order valence-corrected chi connectivity index (χ1v) is 8.13. The van der Waals surface area contributed by atoms with Crippen LogP contribution in [-0.2, 0) is 5.92 Å². The number of carbonyl (C=O) groups is 1. The van der Waals surface area contributed by atoms with E-state index in [1.807, 2.05) is 6.92 Å². The summed E-state index contributed by atoms with van der Waals surface area (Å²) in [5.74, 6) is -2.94. The number of nitrogens with zero attached hydrogens (tertiary/aromatic N) is 2. The van der Waals surface area contributed by atoms with E-state index in [1.165, 1.54) is 18.2 Å². The minimum absolute atomic E-state index is 0.0201. The molecule has 2 amide bonds. The molecule has 2 rings (SSSR count). The molecule has 1 fully saturated rings. The van der Waals surface area contributed by atoms with Gasteiger partial charge in [0.05, 0.1) is 6.10 Å². The van der Waals surface area contributed by atoms with Gasteiger partial charge < -0.3 is 15.3 Å². The number of amides is 2. The lowest BCUT2D eigenvalue weighted by Gasteiger charge is -2.40. The van der Waals surface area contributed by atoms with E-state index in [0.29, 0.717) is 31.9 Å². The molecule has 0 bridgehead atoms. The summed E-state index contributed by atoms with van der Waals surface area (Å²) in [6.45, 7) is 6.96. The van der Waals surface area contributed by atoms with Gasteiger partial charge in [-0.2, -0.15) is 0 Å². The summed E-state index contributed by atoms with van der Waals surface area (Å²) in [4.78, 5) is 16.2. The van der Waals surface area contributed by atoms with E-state index < -0.39 is 12.0 Å². The van der Waals surface area contributed by atoms with E-state index in [-0.39, 0.29) is 17.6 Å². The van der Waals surface area contributed by atoms with Gasteiger partial charge in [-0.15, -0.1) is 0 Å². The number of hydrogen-bond acceptors (Lipinski definition) is 3. The number of nitrogens with one attached hydrogen (secondary N) is 1. The lowest BCUT2D eigenvalue weighted by Crippen LogP contribution is -2.56. The average molecular weight is 341 g/mol. The molecule has 0 radical (unpaired) electrons. The molecule has 24 heavy (non-hydrogen) atoms. The quantitative estimate of drug-likeness (QED) is 0.885. The maximum atomic E-state index is 13.4. The Kier molecular flexibility index (Phi) is 5.77. The van der Waals surface area contributed by atoms with Gasteiger partial charge in [0.1, 0.15) is 0 Å². The van der Waals surface area contributed by atoms with Crippen molar-refractivity contribution in [3.05, 3.63) is 29.8 Å². The number of urea groups is 1. The zero-order valence-corrected chi connectivity index (χ0v) is 14.3. The van der Waals surface area contributed by atoms with Crippen molar-refractivity contribution in [1.29, 1.82) is 0 Å². The number of aliphatic hydroxyl groups is 1. The first kappa shape index (κ1) is 18.6. The van der Waals surface area contributed by atoms with E-state index in [4.69, 9.17) is 0 Å². The highest BCUT2D eigenvalue weighted by molar-refractivity contribution is 5.89. The summed E-state index contributed by atoms with van der Waals surface area (Å²) in [7, 11) is 0. The Morgan fingerprint density at radius 2 is 2.17 bits per heavy atom. The second kappa shape index (κ2) is 7.44. The SMILES string of the molecule is C[C@@H]1CN(C[C@@H](C)O)CCN1C(=O)Nc1cccc(C(C)(F)F)c1. The standard InChI is InChI=1S/C17H25F2N3O2/c1-12-10-21(11-13(2)23)7-8-22(12)16(24)20-15-6-4-5-14(9-15)17(3,18)19/h4-6,9,12-13,23H,7-8,10-11H2,1-3H3,(H,20,24)/t12-,13-/m1/s1. The summed E-state index contributed by atoms with van der Waals surface area (Å²) in [5, 5.41) is 12.2. The normalized spacial score (nSPS) is 20.8. The van der Waals surface area contributed by atoms with Crippen LogP contribution in [0, 0.1) is 0 Å². The third-order valence-electron chi connectivity index (χ3n) is 4.12. The molecule has 1 aromatic carbocycles. The number of piperazine rings is 1. The van der Waals surface area contributed by atoms with Crippen molar-refractivity contribution in [3.63, 3.8) is 0 Å². The molecule has 1 aromatic rings. The maximum absolute atomic E-state index is 13.4. The molecule has 1 aliphatic rings. The minimum atomic E-state index is -2.94. The summed E-state index contributed by atoms with van der Waals surface area (Å²) in [6.07, 6.45) is -0.406. The Morgan fingerprint density at radius 1 is 1.46 bits per heavy atom. The molecule has 134 valence electrons. The second-order valence-corrected chi connectivity index (χ2v) is 6.55. The number of rotatable bonds is 4. The number of hydrogen-bond donors (Lipinski definition) is 2. The third-order valence-corrected chi connectivity index (χ3v) is 4.12. The largest absolute Gasteiger partial charge is 0.392 e. The van der Waals surface area contributed by atoms with Gasteiger partial charge in [0.15, 0.2) is 0 Å². The van der Waals surface area contributed by atoms with Gasteiger partial charge in [-0.25, -0.2) is 13.6 Å². The van der Waals surface area contributed by atoms with Crippen molar-refractivity contribution in [2.75, 3.05) is 31.5 Å². The van der Waals surface area contributed by atoms with Crippen LogP contribution in [0.1, 0.15) is 26.3 Å². The van der Waals surface area contributed by atoms with Crippen molar-refractivity contribution < 1.29 is 18.7 Å². The monoisotopic (exact) mass is 341 g/mol. The van der Waals surface area contributed by atoms with Crippen molar-refractivity contribution in [3.8, 4) is 0 Å². The Labute approximate surface area is 141 Å². The van der Waals surface area contributed by atoms with Crippen LogP contribution >= 0.6 is 0 Å². The first-order chi connectivity index (χ1) is 11.2. The fourth-order valence-electron chi connectivity index (χ4n) is 2.94. The topological polar surface area (TPSA) is 55.8 Å². The number of halogens is 2.